The van der Waals surface area contributed by atoms with Gasteiger partial charge in [-0.3, -0.25) is 0 Å². The van der Waals surface area contributed by atoms with Crippen molar-refractivity contribution in [1.82, 2.24) is 24.7 Å². The van der Waals surface area contributed by atoms with Crippen LogP contribution in [0.5, 0.6) is 0 Å². The first-order chi connectivity index (χ1) is 25.1. The summed E-state index contributed by atoms with van der Waals surface area (Å²) in [5.74, 6) is -1.75. The fourth-order valence-electron chi connectivity index (χ4n) is 6.63. The second kappa shape index (κ2) is 15.7. The van der Waals surface area contributed by atoms with E-state index in [4.69, 9.17) is 14.1 Å². The van der Waals surface area contributed by atoms with Crippen LogP contribution in [0, 0.1) is 17.6 Å². The molecule has 0 radical (unpaired) electrons. The van der Waals surface area contributed by atoms with Gasteiger partial charge < -0.3 is 34.0 Å². The van der Waals surface area contributed by atoms with Crippen molar-refractivity contribution in [3.05, 3.63) is 77.8 Å². The third-order valence-corrected chi connectivity index (χ3v) is 15.1. The summed E-state index contributed by atoms with van der Waals surface area (Å²) in [5, 5.41) is 12.6. The predicted molar refractivity (Wildman–Crippen MR) is 204 cm³/mol. The van der Waals surface area contributed by atoms with Crippen molar-refractivity contribution in [2.45, 2.75) is 115 Å². The molecule has 54 heavy (non-hydrogen) atoms. The minimum Gasteiger partial charge on any atom is -0.444 e. The molecule has 3 aromatic rings. The molecule has 1 aliphatic carbocycles. The highest BCUT2D eigenvalue weighted by molar-refractivity contribution is 6.74. The normalized spacial score (nSPS) is 19.7. The molecule has 3 unspecified atom stereocenters. The van der Waals surface area contributed by atoms with Crippen LogP contribution in [-0.4, -0.2) is 94.6 Å². The predicted octanol–water partition coefficient (Wildman–Crippen LogP) is 8.07. The average molecular weight is 772 g/mol. The van der Waals surface area contributed by atoms with Crippen molar-refractivity contribution < 1.29 is 37.0 Å². The zero-order valence-corrected chi connectivity index (χ0v) is 34.0. The van der Waals surface area contributed by atoms with Crippen LogP contribution in [0.4, 0.5) is 22.8 Å². The Morgan fingerprint density at radius 2 is 1.74 bits per heavy atom. The van der Waals surface area contributed by atoms with E-state index in [1.165, 1.54) is 9.80 Å². The van der Waals surface area contributed by atoms with Gasteiger partial charge in [-0.25, -0.2) is 27.7 Å². The molecule has 2 N–H and O–H groups in total. The van der Waals surface area contributed by atoms with E-state index in [2.05, 4.69) is 39.2 Å². The second-order valence-electron chi connectivity index (χ2n) is 17.4. The number of benzene rings is 2. The number of hydrogen-bond acceptors (Lipinski definition) is 6. The molecule has 3 amide bonds. The van der Waals surface area contributed by atoms with Crippen molar-refractivity contribution in [2.24, 2.45) is 5.92 Å². The van der Waals surface area contributed by atoms with E-state index in [0.29, 0.717) is 18.7 Å². The van der Waals surface area contributed by atoms with Crippen molar-refractivity contribution in [2.75, 3.05) is 26.2 Å². The molecule has 2 aliphatic rings. The van der Waals surface area contributed by atoms with Crippen LogP contribution in [0.1, 0.15) is 78.7 Å². The number of nitrogens with zero attached hydrogens (tertiary/aromatic N) is 4. The largest absolute Gasteiger partial charge is 0.444 e. The average Bonchev–Trinajstić information content (AvgIpc) is 3.56. The van der Waals surface area contributed by atoms with Gasteiger partial charge in [-0.2, -0.15) is 0 Å². The minimum atomic E-state index is -2.55. The standard InChI is InChI=1S/C40H56F3N5O5Si/c1-26(25-49)44-36(50)48(22-28-21-47(23-32(28)43)37(51)52-38(2,3)4)34(40(17-18-40)53-54(8,9)39(5,6)7)35-45-33(30-19-29(41)15-16-31(30)42)24-46(35)20-27-13-11-10-12-14-27/h10-16,19,24,26,28,32,34,49H,17-18,20-23,25H2,1-9H3,(H,44,50)/t26-,28?,32?,34?/m0/s1. The molecule has 14 heteroatoms. The number of aliphatic hydroxyl groups excluding tert-OH is 1. The zero-order valence-electron chi connectivity index (χ0n) is 33.0. The van der Waals surface area contributed by atoms with E-state index in [1.54, 1.807) is 33.9 Å². The molecule has 2 fully saturated rings. The monoisotopic (exact) mass is 771 g/mol. The molecule has 1 aromatic heterocycles. The Morgan fingerprint density at radius 3 is 2.33 bits per heavy atom. The molecule has 0 spiro atoms. The number of nitrogens with one attached hydrogen (secondary N) is 1. The number of alkyl halides is 1. The third-order valence-electron chi connectivity index (χ3n) is 10.6. The van der Waals surface area contributed by atoms with Crippen LogP contribution in [0.2, 0.25) is 18.1 Å². The number of hydrogen-bond donors (Lipinski definition) is 2. The lowest BCUT2D eigenvalue weighted by Crippen LogP contribution is -2.55. The summed E-state index contributed by atoms with van der Waals surface area (Å²) >= 11 is 0. The number of aliphatic hydroxyl groups is 1. The van der Waals surface area contributed by atoms with Crippen LogP contribution in [-0.2, 0) is 15.7 Å². The van der Waals surface area contributed by atoms with E-state index in [9.17, 15) is 19.1 Å². The number of urea groups is 1. The number of carbonyl (C=O) groups excluding carboxylic acids is 2. The van der Waals surface area contributed by atoms with Gasteiger partial charge in [-0.15, -0.1) is 0 Å². The lowest BCUT2D eigenvalue weighted by molar-refractivity contribution is 0.0264. The number of likely N-dealkylation sites (tertiary alicyclic amines) is 1. The maximum absolute atomic E-state index is 16.1. The molecule has 0 bridgehead atoms. The molecule has 1 saturated heterocycles. The zero-order chi connectivity index (χ0) is 39.8. The summed E-state index contributed by atoms with van der Waals surface area (Å²) in [6.07, 6.45) is 0.633. The fraction of sp³-hybridized carbons (Fsp3) is 0.575. The van der Waals surface area contributed by atoms with Crippen LogP contribution in [0.25, 0.3) is 11.3 Å². The summed E-state index contributed by atoms with van der Waals surface area (Å²) in [4.78, 5) is 35.5. The van der Waals surface area contributed by atoms with Gasteiger partial charge in [0.25, 0.3) is 0 Å². The van der Waals surface area contributed by atoms with Crippen molar-refractivity contribution >= 4 is 20.4 Å². The van der Waals surface area contributed by atoms with Gasteiger partial charge in [0.1, 0.15) is 35.3 Å². The first-order valence-corrected chi connectivity index (χ1v) is 21.6. The summed E-state index contributed by atoms with van der Waals surface area (Å²) in [7, 11) is -2.55. The Hall–Kier alpha value is -3.88. The fourth-order valence-corrected chi connectivity index (χ4v) is 8.27. The molecule has 1 aliphatic heterocycles. The Bertz CT molecular complexity index is 1790. The van der Waals surface area contributed by atoms with Crippen molar-refractivity contribution in [1.29, 1.82) is 0 Å². The lowest BCUT2D eigenvalue weighted by Gasteiger charge is -2.45. The van der Waals surface area contributed by atoms with E-state index < -0.39 is 67.5 Å². The number of halogens is 3. The number of imidazole rings is 1. The van der Waals surface area contributed by atoms with E-state index in [0.717, 1.165) is 23.8 Å². The van der Waals surface area contributed by atoms with Crippen LogP contribution < -0.4 is 5.32 Å². The number of aromatic nitrogens is 2. The molecular formula is C40H56F3N5O5Si. The van der Waals surface area contributed by atoms with Gasteiger partial charge in [0.05, 0.1) is 30.5 Å². The summed E-state index contributed by atoms with van der Waals surface area (Å²) in [5.41, 5.74) is -0.735. The smallest absolute Gasteiger partial charge is 0.410 e. The van der Waals surface area contributed by atoms with Gasteiger partial charge in [-0.1, -0.05) is 51.1 Å². The first-order valence-electron chi connectivity index (χ1n) is 18.7. The molecule has 5 rings (SSSR count). The maximum atomic E-state index is 16.1. The molecule has 296 valence electrons. The Morgan fingerprint density at radius 1 is 1.07 bits per heavy atom. The molecule has 2 heterocycles. The quantitative estimate of drug-likeness (QED) is 0.181. The number of amides is 3. The summed E-state index contributed by atoms with van der Waals surface area (Å²) < 4.78 is 60.7. The van der Waals surface area contributed by atoms with E-state index in [1.807, 2.05) is 34.9 Å². The Kier molecular flexibility index (Phi) is 12.0. The highest BCUT2D eigenvalue weighted by atomic mass is 28.4. The van der Waals surface area contributed by atoms with Crippen LogP contribution in [0.3, 0.4) is 0 Å². The second-order valence-corrected chi connectivity index (χ2v) is 22.1. The van der Waals surface area contributed by atoms with Gasteiger partial charge in [-0.05, 0) is 82.4 Å². The highest BCUT2D eigenvalue weighted by Crippen LogP contribution is 2.56. The molecule has 10 nitrogen and oxygen atoms in total. The summed E-state index contributed by atoms with van der Waals surface area (Å²) in [6, 6.07) is 10.6. The van der Waals surface area contributed by atoms with Crippen molar-refractivity contribution in [3.8, 4) is 11.3 Å². The van der Waals surface area contributed by atoms with Gasteiger partial charge in [0.2, 0.25) is 0 Å². The molecule has 4 atom stereocenters. The lowest BCUT2D eigenvalue weighted by atomic mass is 10.0. The third kappa shape index (κ3) is 9.49. The topological polar surface area (TPSA) is 109 Å². The van der Waals surface area contributed by atoms with Crippen LogP contribution >= 0.6 is 0 Å². The molecule has 2 aromatic carbocycles. The van der Waals surface area contributed by atoms with Gasteiger partial charge in [0.15, 0.2) is 8.32 Å². The highest BCUT2D eigenvalue weighted by Gasteiger charge is 2.60. The molecular weight excluding hydrogens is 716 g/mol. The Balaban J connectivity index is 1.69. The number of rotatable bonds is 12. The van der Waals surface area contributed by atoms with Gasteiger partial charge in [0, 0.05) is 37.3 Å². The van der Waals surface area contributed by atoms with E-state index >= 15 is 8.78 Å². The number of ether oxygens (including phenoxy) is 1. The number of carbonyl (C=O) groups is 2. The van der Waals surface area contributed by atoms with E-state index in [-0.39, 0.29) is 49.1 Å². The maximum Gasteiger partial charge on any atom is 0.410 e. The Labute approximate surface area is 318 Å². The van der Waals surface area contributed by atoms with Gasteiger partial charge >= 0.3 is 12.1 Å². The summed E-state index contributed by atoms with van der Waals surface area (Å²) in [6.45, 7) is 17.1. The van der Waals surface area contributed by atoms with Crippen LogP contribution in [0.15, 0.2) is 54.7 Å². The minimum absolute atomic E-state index is 0.00354. The SMILES string of the molecule is C[C@@H](CO)NC(=O)N(CC1CN(C(=O)OC(C)(C)C)CC1F)C(c1nc(-c2cc(F)ccc2F)cn1Cc1ccccc1)C1(O[Si](C)(C)C(C)(C)C)CC1. The molecule has 1 saturated carbocycles. The van der Waals surface area contributed by atoms with Crippen molar-refractivity contribution in [3.63, 3.8) is 0 Å². The first kappa shape index (κ1) is 41.3.